The standard InChI is InChI=1S/C20H21NO2S/c22-20(23-14-13-21-11-5-6-12-21)19-17-9-2-1-7-15(17)16-8-3-4-10-18(16)24-19/h1-4,7-10,19H,5-6,11-14H2. The van der Waals surface area contributed by atoms with Gasteiger partial charge >= 0.3 is 5.97 Å². The molecule has 24 heavy (non-hydrogen) atoms. The van der Waals surface area contributed by atoms with Crippen molar-refractivity contribution in [3.05, 3.63) is 54.1 Å². The Morgan fingerprint density at radius 1 is 1.04 bits per heavy atom. The summed E-state index contributed by atoms with van der Waals surface area (Å²) in [5.74, 6) is -0.124. The molecule has 2 aliphatic rings. The van der Waals surface area contributed by atoms with Crippen LogP contribution in [-0.2, 0) is 9.53 Å². The third-order valence-corrected chi connectivity index (χ3v) is 6.02. The van der Waals surface area contributed by atoms with E-state index in [1.165, 1.54) is 18.4 Å². The average molecular weight is 339 g/mol. The Kier molecular flexibility index (Phi) is 4.58. The molecule has 124 valence electrons. The van der Waals surface area contributed by atoms with Gasteiger partial charge in [0.15, 0.2) is 0 Å². The van der Waals surface area contributed by atoms with Gasteiger partial charge in [-0.2, -0.15) is 0 Å². The number of ether oxygens (including phenoxy) is 1. The lowest BCUT2D eigenvalue weighted by atomic mass is 9.97. The Morgan fingerprint density at radius 2 is 1.75 bits per heavy atom. The molecule has 4 rings (SSSR count). The van der Waals surface area contributed by atoms with Crippen molar-refractivity contribution in [1.82, 2.24) is 4.90 Å². The van der Waals surface area contributed by atoms with E-state index in [4.69, 9.17) is 4.74 Å². The molecule has 2 aromatic rings. The lowest BCUT2D eigenvalue weighted by molar-refractivity contribution is -0.143. The van der Waals surface area contributed by atoms with E-state index in [0.717, 1.165) is 35.7 Å². The van der Waals surface area contributed by atoms with Gasteiger partial charge in [-0.05, 0) is 48.7 Å². The molecule has 1 atom stereocenters. The quantitative estimate of drug-likeness (QED) is 0.783. The number of carbonyl (C=O) groups excluding carboxylic acids is 1. The molecule has 0 N–H and O–H groups in total. The van der Waals surface area contributed by atoms with Crippen LogP contribution in [0.1, 0.15) is 23.7 Å². The summed E-state index contributed by atoms with van der Waals surface area (Å²) in [5, 5.41) is -0.269. The highest BCUT2D eigenvalue weighted by Crippen LogP contribution is 2.49. The third-order valence-electron chi connectivity index (χ3n) is 4.73. The highest BCUT2D eigenvalue weighted by molar-refractivity contribution is 8.00. The van der Waals surface area contributed by atoms with Gasteiger partial charge in [0.25, 0.3) is 0 Å². The molecular formula is C20H21NO2S. The second-order valence-corrected chi connectivity index (χ2v) is 7.44. The SMILES string of the molecule is O=C(OCCN1CCCC1)C1Sc2ccccc2-c2ccccc21. The van der Waals surface area contributed by atoms with Gasteiger partial charge in [-0.25, -0.2) is 0 Å². The number of fused-ring (bicyclic) bond motifs is 3. The van der Waals surface area contributed by atoms with E-state index in [1.54, 1.807) is 11.8 Å². The Hall–Kier alpha value is -1.78. The van der Waals surface area contributed by atoms with Crippen molar-refractivity contribution in [2.75, 3.05) is 26.2 Å². The summed E-state index contributed by atoms with van der Waals surface area (Å²) in [7, 11) is 0. The number of hydrogen-bond acceptors (Lipinski definition) is 4. The number of likely N-dealkylation sites (tertiary alicyclic amines) is 1. The van der Waals surface area contributed by atoms with E-state index in [9.17, 15) is 4.79 Å². The molecule has 0 aromatic heterocycles. The molecule has 1 saturated heterocycles. The fraction of sp³-hybridized carbons (Fsp3) is 0.350. The second kappa shape index (κ2) is 6.99. The lowest BCUT2D eigenvalue weighted by Gasteiger charge is -2.26. The van der Waals surface area contributed by atoms with Crippen molar-refractivity contribution in [2.24, 2.45) is 0 Å². The number of rotatable bonds is 4. The monoisotopic (exact) mass is 339 g/mol. The Morgan fingerprint density at radius 3 is 2.58 bits per heavy atom. The van der Waals surface area contributed by atoms with Gasteiger partial charge in [0.1, 0.15) is 11.9 Å². The van der Waals surface area contributed by atoms with Gasteiger partial charge in [0.2, 0.25) is 0 Å². The summed E-state index contributed by atoms with van der Waals surface area (Å²) >= 11 is 1.60. The molecule has 2 aliphatic heterocycles. The predicted molar refractivity (Wildman–Crippen MR) is 97.1 cm³/mol. The first-order chi connectivity index (χ1) is 11.8. The van der Waals surface area contributed by atoms with Crippen LogP contribution in [0.5, 0.6) is 0 Å². The molecule has 0 spiro atoms. The van der Waals surface area contributed by atoms with Crippen molar-refractivity contribution in [3.63, 3.8) is 0 Å². The van der Waals surface area contributed by atoms with E-state index in [1.807, 2.05) is 30.3 Å². The predicted octanol–water partition coefficient (Wildman–Crippen LogP) is 4.14. The molecule has 0 saturated carbocycles. The van der Waals surface area contributed by atoms with Crippen molar-refractivity contribution >= 4 is 17.7 Å². The average Bonchev–Trinajstić information content (AvgIpc) is 3.14. The van der Waals surface area contributed by atoms with Gasteiger partial charge in [-0.15, -0.1) is 11.8 Å². The molecule has 0 bridgehead atoms. The van der Waals surface area contributed by atoms with E-state index >= 15 is 0 Å². The number of carbonyl (C=O) groups is 1. The van der Waals surface area contributed by atoms with Crippen molar-refractivity contribution in [3.8, 4) is 11.1 Å². The van der Waals surface area contributed by atoms with Crippen LogP contribution < -0.4 is 0 Å². The summed E-state index contributed by atoms with van der Waals surface area (Å²) < 4.78 is 5.61. The first-order valence-corrected chi connectivity index (χ1v) is 9.45. The van der Waals surface area contributed by atoms with Crippen molar-refractivity contribution in [2.45, 2.75) is 23.0 Å². The summed E-state index contributed by atoms with van der Waals surface area (Å²) in [5.41, 5.74) is 3.42. The minimum Gasteiger partial charge on any atom is -0.463 e. The van der Waals surface area contributed by atoms with E-state index in [0.29, 0.717) is 6.61 Å². The first kappa shape index (κ1) is 15.7. The topological polar surface area (TPSA) is 29.5 Å². The van der Waals surface area contributed by atoms with Crippen molar-refractivity contribution in [1.29, 1.82) is 0 Å². The highest BCUT2D eigenvalue weighted by atomic mass is 32.2. The Labute approximate surface area is 147 Å². The summed E-state index contributed by atoms with van der Waals surface area (Å²) in [6.45, 7) is 3.60. The number of thioether (sulfide) groups is 1. The Balaban J connectivity index is 1.50. The molecule has 0 aliphatic carbocycles. The molecule has 1 unspecified atom stereocenters. The zero-order chi connectivity index (χ0) is 16.4. The van der Waals surface area contributed by atoms with E-state index in [2.05, 4.69) is 23.1 Å². The Bertz CT molecular complexity index is 740. The van der Waals surface area contributed by atoms with Gasteiger partial charge in [-0.1, -0.05) is 42.5 Å². The minimum atomic E-state index is -0.269. The highest BCUT2D eigenvalue weighted by Gasteiger charge is 2.31. The second-order valence-electron chi connectivity index (χ2n) is 6.30. The molecule has 4 heteroatoms. The zero-order valence-electron chi connectivity index (χ0n) is 13.6. The van der Waals surface area contributed by atoms with Crippen LogP contribution >= 0.6 is 11.8 Å². The molecule has 2 aromatic carbocycles. The maximum atomic E-state index is 12.7. The number of benzene rings is 2. The normalized spacial score (nSPS) is 19.6. The first-order valence-electron chi connectivity index (χ1n) is 8.57. The fourth-order valence-electron chi connectivity index (χ4n) is 3.49. The maximum Gasteiger partial charge on any atom is 0.324 e. The van der Waals surface area contributed by atoms with Crippen LogP contribution in [0, 0.1) is 0 Å². The molecule has 3 nitrogen and oxygen atoms in total. The van der Waals surface area contributed by atoms with Crippen LogP contribution in [0.4, 0.5) is 0 Å². The van der Waals surface area contributed by atoms with E-state index in [-0.39, 0.29) is 11.2 Å². The summed E-state index contributed by atoms with van der Waals surface area (Å²) in [6.07, 6.45) is 2.52. The molecule has 1 fully saturated rings. The number of esters is 1. The fourth-order valence-corrected chi connectivity index (χ4v) is 4.70. The zero-order valence-corrected chi connectivity index (χ0v) is 14.4. The van der Waals surface area contributed by atoms with Gasteiger partial charge in [0, 0.05) is 11.4 Å². The molecule has 2 heterocycles. The summed E-state index contributed by atoms with van der Waals surface area (Å²) in [6, 6.07) is 16.4. The number of hydrogen-bond donors (Lipinski definition) is 0. The van der Waals surface area contributed by atoms with Crippen LogP contribution in [-0.4, -0.2) is 37.1 Å². The smallest absolute Gasteiger partial charge is 0.324 e. The molecule has 0 radical (unpaired) electrons. The number of nitrogens with zero attached hydrogens (tertiary/aromatic N) is 1. The molecular weight excluding hydrogens is 318 g/mol. The van der Waals surface area contributed by atoms with Gasteiger partial charge in [0.05, 0.1) is 0 Å². The van der Waals surface area contributed by atoms with Gasteiger partial charge < -0.3 is 4.74 Å². The van der Waals surface area contributed by atoms with Gasteiger partial charge in [-0.3, -0.25) is 9.69 Å². The molecule has 0 amide bonds. The van der Waals surface area contributed by atoms with Crippen LogP contribution in [0.3, 0.4) is 0 Å². The lowest BCUT2D eigenvalue weighted by Crippen LogP contribution is -2.26. The summed E-state index contributed by atoms with van der Waals surface area (Å²) in [4.78, 5) is 16.2. The largest absolute Gasteiger partial charge is 0.463 e. The third kappa shape index (κ3) is 3.08. The van der Waals surface area contributed by atoms with E-state index < -0.39 is 0 Å². The van der Waals surface area contributed by atoms with Crippen molar-refractivity contribution < 1.29 is 9.53 Å². The van der Waals surface area contributed by atoms with Crippen LogP contribution in [0.25, 0.3) is 11.1 Å². The van der Waals surface area contributed by atoms with Crippen LogP contribution in [0.15, 0.2) is 53.4 Å². The van der Waals surface area contributed by atoms with Crippen LogP contribution in [0.2, 0.25) is 0 Å². The minimum absolute atomic E-state index is 0.124. The maximum absolute atomic E-state index is 12.7.